The summed E-state index contributed by atoms with van der Waals surface area (Å²) in [4.78, 5) is 0. The number of methoxy groups -OCH3 is 1. The Kier molecular flexibility index (Phi) is 3.29. The first-order valence-corrected chi connectivity index (χ1v) is 6.16. The van der Waals surface area contributed by atoms with Gasteiger partial charge in [-0.25, -0.2) is 0 Å². The van der Waals surface area contributed by atoms with Crippen molar-refractivity contribution in [3.05, 3.63) is 24.3 Å². The highest BCUT2D eigenvalue weighted by Crippen LogP contribution is 2.44. The maximum absolute atomic E-state index is 6.06. The zero-order valence-electron chi connectivity index (χ0n) is 10.8. The summed E-state index contributed by atoms with van der Waals surface area (Å²) in [7, 11) is 1.66. The Bertz CT molecular complexity index is 376. The van der Waals surface area contributed by atoms with Crippen molar-refractivity contribution in [2.45, 2.75) is 38.8 Å². The molecule has 1 aliphatic rings. The smallest absolute Gasteiger partial charge is 0.120 e. The van der Waals surface area contributed by atoms with Crippen LogP contribution >= 0.6 is 0 Å². The van der Waals surface area contributed by atoms with Gasteiger partial charge in [-0.15, -0.1) is 0 Å². The monoisotopic (exact) mass is 235 g/mol. The van der Waals surface area contributed by atoms with Gasteiger partial charge in [0.15, 0.2) is 0 Å². The molecule has 2 rings (SSSR count). The van der Waals surface area contributed by atoms with Crippen molar-refractivity contribution in [3.63, 3.8) is 0 Å². The molecule has 3 heteroatoms. The minimum absolute atomic E-state index is 0.111. The van der Waals surface area contributed by atoms with Gasteiger partial charge in [0, 0.05) is 17.9 Å². The van der Waals surface area contributed by atoms with Crippen LogP contribution in [0.4, 0.5) is 0 Å². The first-order chi connectivity index (χ1) is 8.10. The fraction of sp³-hybridized carbons (Fsp3) is 0.571. The van der Waals surface area contributed by atoms with Gasteiger partial charge in [0.05, 0.1) is 7.11 Å². The average Bonchev–Trinajstić information content (AvgIpc) is 2.38. The molecular formula is C14H21NO2. The van der Waals surface area contributed by atoms with Crippen molar-refractivity contribution in [2.75, 3.05) is 7.11 Å². The summed E-state index contributed by atoms with van der Waals surface area (Å²) in [5.41, 5.74) is 6.17. The second-order valence-electron chi connectivity index (χ2n) is 4.98. The standard InChI is InChI=1S/C14H21NO2/c1-4-14(2)12(15)9-13(14)17-11-7-5-10(16-3)6-8-11/h5-8,12-13H,4,9,15H2,1-3H3. The molecule has 0 aliphatic heterocycles. The lowest BCUT2D eigenvalue weighted by atomic mass is 9.62. The van der Waals surface area contributed by atoms with Crippen LogP contribution in [0.1, 0.15) is 26.7 Å². The number of rotatable bonds is 4. The van der Waals surface area contributed by atoms with E-state index in [0.717, 1.165) is 24.3 Å². The van der Waals surface area contributed by atoms with Gasteiger partial charge >= 0.3 is 0 Å². The Morgan fingerprint density at radius 1 is 1.29 bits per heavy atom. The highest BCUT2D eigenvalue weighted by Gasteiger charge is 2.50. The second kappa shape index (κ2) is 4.57. The van der Waals surface area contributed by atoms with Gasteiger partial charge in [0.1, 0.15) is 17.6 Å². The van der Waals surface area contributed by atoms with E-state index in [2.05, 4.69) is 13.8 Å². The molecule has 0 radical (unpaired) electrons. The van der Waals surface area contributed by atoms with E-state index in [4.69, 9.17) is 15.2 Å². The lowest BCUT2D eigenvalue weighted by molar-refractivity contribution is -0.0560. The van der Waals surface area contributed by atoms with Crippen LogP contribution in [0.25, 0.3) is 0 Å². The second-order valence-corrected chi connectivity index (χ2v) is 4.98. The van der Waals surface area contributed by atoms with Crippen molar-refractivity contribution >= 4 is 0 Å². The van der Waals surface area contributed by atoms with Gasteiger partial charge < -0.3 is 15.2 Å². The molecule has 3 nitrogen and oxygen atoms in total. The number of hydrogen-bond acceptors (Lipinski definition) is 3. The van der Waals surface area contributed by atoms with E-state index in [9.17, 15) is 0 Å². The molecule has 0 bridgehead atoms. The van der Waals surface area contributed by atoms with Crippen LogP contribution in [-0.4, -0.2) is 19.3 Å². The minimum atomic E-state index is 0.111. The average molecular weight is 235 g/mol. The summed E-state index contributed by atoms with van der Waals surface area (Å²) in [6, 6.07) is 7.97. The van der Waals surface area contributed by atoms with E-state index < -0.39 is 0 Å². The number of benzene rings is 1. The lowest BCUT2D eigenvalue weighted by Crippen LogP contribution is -2.61. The molecule has 0 amide bonds. The molecule has 3 unspecified atom stereocenters. The van der Waals surface area contributed by atoms with Crippen molar-refractivity contribution in [2.24, 2.45) is 11.1 Å². The van der Waals surface area contributed by atoms with Crippen LogP contribution in [0.5, 0.6) is 11.5 Å². The molecule has 0 heterocycles. The summed E-state index contributed by atoms with van der Waals surface area (Å²) in [5, 5.41) is 0. The molecule has 3 atom stereocenters. The third kappa shape index (κ3) is 2.12. The molecule has 0 spiro atoms. The van der Waals surface area contributed by atoms with Gasteiger partial charge in [0.2, 0.25) is 0 Å². The first-order valence-electron chi connectivity index (χ1n) is 6.16. The molecule has 2 N–H and O–H groups in total. The molecule has 0 aromatic heterocycles. The summed E-state index contributed by atoms with van der Waals surface area (Å²) >= 11 is 0. The lowest BCUT2D eigenvalue weighted by Gasteiger charge is -2.51. The Morgan fingerprint density at radius 2 is 1.88 bits per heavy atom. The molecule has 1 saturated carbocycles. The number of nitrogens with two attached hydrogens (primary N) is 1. The van der Waals surface area contributed by atoms with Crippen LogP contribution in [0.2, 0.25) is 0 Å². The third-order valence-corrected chi connectivity index (χ3v) is 4.15. The van der Waals surface area contributed by atoms with Crippen molar-refractivity contribution < 1.29 is 9.47 Å². The molecule has 1 aromatic rings. The van der Waals surface area contributed by atoms with Gasteiger partial charge in [-0.3, -0.25) is 0 Å². The van der Waals surface area contributed by atoms with Gasteiger partial charge in [0.25, 0.3) is 0 Å². The molecular weight excluding hydrogens is 214 g/mol. The fourth-order valence-electron chi connectivity index (χ4n) is 2.34. The van der Waals surface area contributed by atoms with E-state index in [0.29, 0.717) is 0 Å². The quantitative estimate of drug-likeness (QED) is 0.872. The molecule has 94 valence electrons. The molecule has 1 fully saturated rings. The topological polar surface area (TPSA) is 44.5 Å². The molecule has 1 aromatic carbocycles. The van der Waals surface area contributed by atoms with Crippen molar-refractivity contribution in [1.29, 1.82) is 0 Å². The Balaban J connectivity index is 2.02. The SMILES string of the molecule is CCC1(C)C(N)CC1Oc1ccc(OC)cc1. The van der Waals surface area contributed by atoms with Crippen LogP contribution in [-0.2, 0) is 0 Å². The van der Waals surface area contributed by atoms with E-state index in [1.807, 2.05) is 24.3 Å². The van der Waals surface area contributed by atoms with E-state index in [-0.39, 0.29) is 17.6 Å². The zero-order chi connectivity index (χ0) is 12.5. The summed E-state index contributed by atoms with van der Waals surface area (Å²) in [6.07, 6.45) is 2.22. The number of hydrogen-bond donors (Lipinski definition) is 1. The predicted molar refractivity (Wildman–Crippen MR) is 68.4 cm³/mol. The Morgan fingerprint density at radius 3 is 2.35 bits per heavy atom. The zero-order valence-corrected chi connectivity index (χ0v) is 10.8. The summed E-state index contributed by atoms with van der Waals surface area (Å²) in [5.74, 6) is 1.74. The van der Waals surface area contributed by atoms with Crippen molar-refractivity contribution in [1.82, 2.24) is 0 Å². The van der Waals surface area contributed by atoms with Gasteiger partial charge in [-0.05, 0) is 30.7 Å². The Labute approximate surface area is 103 Å². The van der Waals surface area contributed by atoms with Gasteiger partial charge in [-0.2, -0.15) is 0 Å². The highest BCUT2D eigenvalue weighted by atomic mass is 16.5. The van der Waals surface area contributed by atoms with Crippen LogP contribution in [0.15, 0.2) is 24.3 Å². The summed E-state index contributed by atoms with van der Waals surface area (Å²) in [6.45, 7) is 4.37. The fourth-order valence-corrected chi connectivity index (χ4v) is 2.34. The summed E-state index contributed by atoms with van der Waals surface area (Å²) < 4.78 is 11.1. The van der Waals surface area contributed by atoms with Crippen molar-refractivity contribution in [3.8, 4) is 11.5 Å². The predicted octanol–water partition coefficient (Wildman–Crippen LogP) is 2.59. The van der Waals surface area contributed by atoms with Crippen LogP contribution in [0, 0.1) is 5.41 Å². The molecule has 17 heavy (non-hydrogen) atoms. The maximum Gasteiger partial charge on any atom is 0.120 e. The maximum atomic E-state index is 6.06. The Hall–Kier alpha value is -1.22. The van der Waals surface area contributed by atoms with E-state index in [1.54, 1.807) is 7.11 Å². The van der Waals surface area contributed by atoms with Gasteiger partial charge in [-0.1, -0.05) is 13.8 Å². The third-order valence-electron chi connectivity index (χ3n) is 4.15. The van der Waals surface area contributed by atoms with Crippen LogP contribution in [0.3, 0.4) is 0 Å². The normalized spacial score (nSPS) is 31.8. The number of ether oxygens (including phenoxy) is 2. The molecule has 0 saturated heterocycles. The highest BCUT2D eigenvalue weighted by molar-refractivity contribution is 5.31. The van der Waals surface area contributed by atoms with Crippen LogP contribution < -0.4 is 15.2 Å². The van der Waals surface area contributed by atoms with E-state index in [1.165, 1.54) is 0 Å². The largest absolute Gasteiger partial charge is 0.497 e. The van der Waals surface area contributed by atoms with E-state index >= 15 is 0 Å². The molecule has 1 aliphatic carbocycles. The minimum Gasteiger partial charge on any atom is -0.497 e. The first kappa shape index (κ1) is 12.2.